The summed E-state index contributed by atoms with van der Waals surface area (Å²) in [6.07, 6.45) is 3.36. The lowest BCUT2D eigenvalue weighted by Gasteiger charge is -2.14. The first-order chi connectivity index (χ1) is 11.9. The minimum absolute atomic E-state index is 0.0655. The van der Waals surface area contributed by atoms with E-state index < -0.39 is 0 Å². The molecule has 0 aliphatic heterocycles. The summed E-state index contributed by atoms with van der Waals surface area (Å²) in [7, 11) is 3.34. The maximum Gasteiger partial charge on any atom is 0.246 e. The van der Waals surface area contributed by atoms with Crippen LogP contribution in [0, 0.1) is 6.92 Å². The Morgan fingerprint density at radius 1 is 1.24 bits per heavy atom. The van der Waals surface area contributed by atoms with Crippen LogP contribution < -0.4 is 9.47 Å². The number of benzene rings is 1. The molecule has 0 unspecified atom stereocenters. The summed E-state index contributed by atoms with van der Waals surface area (Å²) in [5.74, 6) is 2.82. The number of carbonyl (C=O) groups excluding carboxylic acids is 1. The van der Waals surface area contributed by atoms with Gasteiger partial charge in [0.15, 0.2) is 11.5 Å². The zero-order valence-corrected chi connectivity index (χ0v) is 15.4. The minimum atomic E-state index is -0.101. The van der Waals surface area contributed by atoms with E-state index in [-0.39, 0.29) is 12.0 Å². The van der Waals surface area contributed by atoms with Gasteiger partial charge in [-0.3, -0.25) is 4.79 Å². The Bertz CT molecular complexity index is 746. The molecule has 1 aromatic heterocycles. The quantitative estimate of drug-likeness (QED) is 0.712. The van der Waals surface area contributed by atoms with Gasteiger partial charge in [0, 0.05) is 13.1 Å². The number of rotatable bonds is 7. The van der Waals surface area contributed by atoms with Gasteiger partial charge in [-0.25, -0.2) is 0 Å². The van der Waals surface area contributed by atoms with Gasteiger partial charge in [0.1, 0.15) is 11.5 Å². The van der Waals surface area contributed by atoms with Crippen LogP contribution in [0.3, 0.4) is 0 Å². The SMILES string of the molecule is COc1cc(/C=C/C(=O)N(C)Cc2ccc(C)o2)ccc1OC(C)C. The summed E-state index contributed by atoms with van der Waals surface area (Å²) in [6.45, 7) is 6.23. The molecule has 1 aromatic carbocycles. The van der Waals surface area contributed by atoms with E-state index in [0.29, 0.717) is 18.0 Å². The zero-order valence-electron chi connectivity index (χ0n) is 15.4. The van der Waals surface area contributed by atoms with E-state index in [4.69, 9.17) is 13.9 Å². The Labute approximate surface area is 148 Å². The van der Waals surface area contributed by atoms with Crippen LogP contribution in [-0.4, -0.2) is 31.1 Å². The van der Waals surface area contributed by atoms with Gasteiger partial charge >= 0.3 is 0 Å². The molecule has 0 aliphatic carbocycles. The summed E-state index contributed by atoms with van der Waals surface area (Å²) < 4.78 is 16.5. The molecule has 0 bridgehead atoms. The first kappa shape index (κ1) is 18.6. The number of amides is 1. The van der Waals surface area contributed by atoms with E-state index in [1.165, 1.54) is 6.08 Å². The van der Waals surface area contributed by atoms with E-state index in [9.17, 15) is 4.79 Å². The monoisotopic (exact) mass is 343 g/mol. The van der Waals surface area contributed by atoms with Crippen molar-refractivity contribution in [1.29, 1.82) is 0 Å². The fourth-order valence-corrected chi connectivity index (χ4v) is 2.32. The molecule has 1 heterocycles. The van der Waals surface area contributed by atoms with Crippen molar-refractivity contribution in [3.63, 3.8) is 0 Å². The Morgan fingerprint density at radius 3 is 2.60 bits per heavy atom. The smallest absolute Gasteiger partial charge is 0.246 e. The number of likely N-dealkylation sites (N-methyl/N-ethyl adjacent to an activating group) is 1. The second kappa shape index (κ2) is 8.42. The van der Waals surface area contributed by atoms with Gasteiger partial charge in [-0.2, -0.15) is 0 Å². The molecule has 0 saturated carbocycles. The van der Waals surface area contributed by atoms with E-state index in [2.05, 4.69) is 0 Å². The molecule has 0 aliphatic rings. The number of hydrogen-bond acceptors (Lipinski definition) is 4. The molecule has 1 amide bonds. The molecular formula is C20H25NO4. The first-order valence-corrected chi connectivity index (χ1v) is 8.22. The van der Waals surface area contributed by atoms with Crippen LogP contribution in [-0.2, 0) is 11.3 Å². The predicted octanol–water partition coefficient (Wildman–Crippen LogP) is 4.06. The van der Waals surface area contributed by atoms with E-state index in [1.54, 1.807) is 25.1 Å². The van der Waals surface area contributed by atoms with Crippen molar-refractivity contribution in [2.45, 2.75) is 33.4 Å². The maximum atomic E-state index is 12.2. The molecule has 0 saturated heterocycles. The fourth-order valence-electron chi connectivity index (χ4n) is 2.32. The van der Waals surface area contributed by atoms with Gasteiger partial charge in [-0.15, -0.1) is 0 Å². The van der Waals surface area contributed by atoms with Crippen LogP contribution in [0.25, 0.3) is 6.08 Å². The largest absolute Gasteiger partial charge is 0.493 e. The van der Waals surface area contributed by atoms with Crippen LogP contribution in [0.4, 0.5) is 0 Å². The highest BCUT2D eigenvalue weighted by Crippen LogP contribution is 2.29. The van der Waals surface area contributed by atoms with Gasteiger partial charge in [-0.05, 0) is 56.7 Å². The molecule has 2 aromatic rings. The van der Waals surface area contributed by atoms with E-state index >= 15 is 0 Å². The van der Waals surface area contributed by atoms with Gasteiger partial charge in [0.2, 0.25) is 5.91 Å². The second-order valence-corrected chi connectivity index (χ2v) is 6.12. The Kier molecular flexibility index (Phi) is 6.28. The van der Waals surface area contributed by atoms with E-state index in [1.807, 2.05) is 51.1 Å². The average molecular weight is 343 g/mol. The van der Waals surface area contributed by atoms with Gasteiger partial charge in [-0.1, -0.05) is 6.07 Å². The number of methoxy groups -OCH3 is 1. The summed E-state index contributed by atoms with van der Waals surface area (Å²) in [5, 5.41) is 0. The number of carbonyl (C=O) groups is 1. The molecule has 2 rings (SSSR count). The number of furan rings is 1. The van der Waals surface area contributed by atoms with Crippen molar-refractivity contribution >= 4 is 12.0 Å². The molecule has 0 atom stereocenters. The number of aryl methyl sites for hydroxylation is 1. The predicted molar refractivity (Wildman–Crippen MR) is 97.7 cm³/mol. The number of ether oxygens (including phenoxy) is 2. The van der Waals surface area contributed by atoms with E-state index in [0.717, 1.165) is 17.1 Å². The number of nitrogens with zero attached hydrogens (tertiary/aromatic N) is 1. The van der Waals surface area contributed by atoms with Gasteiger partial charge in [0.25, 0.3) is 0 Å². The summed E-state index contributed by atoms with van der Waals surface area (Å²) in [6, 6.07) is 9.34. The molecular weight excluding hydrogens is 318 g/mol. The third-order valence-electron chi connectivity index (χ3n) is 3.53. The molecule has 0 radical (unpaired) electrons. The molecule has 134 valence electrons. The lowest BCUT2D eigenvalue weighted by atomic mass is 10.2. The molecule has 25 heavy (non-hydrogen) atoms. The third kappa shape index (κ3) is 5.41. The lowest BCUT2D eigenvalue weighted by molar-refractivity contribution is -0.125. The Hall–Kier alpha value is -2.69. The minimum Gasteiger partial charge on any atom is -0.493 e. The first-order valence-electron chi connectivity index (χ1n) is 8.22. The fraction of sp³-hybridized carbons (Fsp3) is 0.350. The van der Waals surface area contributed by atoms with Gasteiger partial charge in [0.05, 0.1) is 19.8 Å². The van der Waals surface area contributed by atoms with Crippen LogP contribution in [0.15, 0.2) is 40.8 Å². The molecule has 0 fully saturated rings. The van der Waals surface area contributed by atoms with Crippen molar-refractivity contribution in [2.75, 3.05) is 14.2 Å². The lowest BCUT2D eigenvalue weighted by Crippen LogP contribution is -2.23. The standard InChI is InChI=1S/C20H25NO4/c1-14(2)24-18-10-7-16(12-19(18)23-5)8-11-20(22)21(4)13-17-9-6-15(3)25-17/h6-12,14H,13H2,1-5H3/b11-8+. The molecule has 0 spiro atoms. The zero-order chi connectivity index (χ0) is 18.4. The highest BCUT2D eigenvalue weighted by molar-refractivity contribution is 5.91. The summed E-state index contributed by atoms with van der Waals surface area (Å²) >= 11 is 0. The van der Waals surface area contributed by atoms with Crippen molar-refractivity contribution < 1.29 is 18.7 Å². The van der Waals surface area contributed by atoms with Crippen LogP contribution in [0.1, 0.15) is 30.9 Å². The number of hydrogen-bond donors (Lipinski definition) is 0. The highest BCUT2D eigenvalue weighted by atomic mass is 16.5. The normalized spacial score (nSPS) is 11.1. The van der Waals surface area contributed by atoms with Crippen molar-refractivity contribution in [3.05, 3.63) is 53.5 Å². The average Bonchev–Trinajstić information content (AvgIpc) is 2.97. The van der Waals surface area contributed by atoms with Gasteiger partial charge < -0.3 is 18.8 Å². The summed E-state index contributed by atoms with van der Waals surface area (Å²) in [4.78, 5) is 13.8. The highest BCUT2D eigenvalue weighted by Gasteiger charge is 2.09. The maximum absolute atomic E-state index is 12.2. The Morgan fingerprint density at radius 2 is 2.00 bits per heavy atom. The van der Waals surface area contributed by atoms with Crippen molar-refractivity contribution in [1.82, 2.24) is 4.90 Å². The molecule has 5 nitrogen and oxygen atoms in total. The van der Waals surface area contributed by atoms with Crippen molar-refractivity contribution in [3.8, 4) is 11.5 Å². The topological polar surface area (TPSA) is 51.9 Å². The second-order valence-electron chi connectivity index (χ2n) is 6.12. The van der Waals surface area contributed by atoms with Crippen LogP contribution in [0.2, 0.25) is 0 Å². The molecule has 0 N–H and O–H groups in total. The van der Waals surface area contributed by atoms with Crippen LogP contribution in [0.5, 0.6) is 11.5 Å². The summed E-state index contributed by atoms with van der Waals surface area (Å²) in [5.41, 5.74) is 0.864. The molecule has 5 heteroatoms. The Balaban J connectivity index is 2.03. The third-order valence-corrected chi connectivity index (χ3v) is 3.53. The van der Waals surface area contributed by atoms with Crippen LogP contribution >= 0.6 is 0 Å². The van der Waals surface area contributed by atoms with Crippen molar-refractivity contribution in [2.24, 2.45) is 0 Å².